The van der Waals surface area contributed by atoms with Gasteiger partial charge in [0.05, 0.1) is 5.69 Å². The Hall–Kier alpha value is -2.72. The van der Waals surface area contributed by atoms with Crippen molar-refractivity contribution in [2.75, 3.05) is 11.1 Å². The summed E-state index contributed by atoms with van der Waals surface area (Å²) < 4.78 is 16.4. The molecule has 0 spiro atoms. The molecule has 8 nitrogen and oxygen atoms in total. The molecule has 1 N–H and O–H groups in total. The smallest absolute Gasteiger partial charge is 0.324 e. The number of anilines is 1. The van der Waals surface area contributed by atoms with Gasteiger partial charge in [0.1, 0.15) is 22.1 Å². The minimum atomic E-state index is -0.623. The van der Waals surface area contributed by atoms with Gasteiger partial charge in [-0.25, -0.2) is 19.2 Å². The molecule has 32 heavy (non-hydrogen) atoms. The van der Waals surface area contributed by atoms with E-state index in [1.54, 1.807) is 6.92 Å². The lowest BCUT2D eigenvalue weighted by atomic mass is 10.2. The summed E-state index contributed by atoms with van der Waals surface area (Å²) in [6.45, 7) is 6.02. The minimum Gasteiger partial charge on any atom is -0.324 e. The summed E-state index contributed by atoms with van der Waals surface area (Å²) in [4.78, 5) is 46.5. The lowest BCUT2D eigenvalue weighted by Gasteiger charge is -2.15. The Morgan fingerprint density at radius 3 is 2.66 bits per heavy atom. The van der Waals surface area contributed by atoms with E-state index in [-0.39, 0.29) is 34.1 Å². The third kappa shape index (κ3) is 5.18. The highest BCUT2D eigenvalue weighted by molar-refractivity contribution is 7.99. The molecule has 0 radical (unpaired) electrons. The number of fused-ring (bicyclic) bond motifs is 1. The van der Waals surface area contributed by atoms with Gasteiger partial charge in [-0.15, -0.1) is 11.8 Å². The van der Waals surface area contributed by atoms with Crippen LogP contribution in [0.4, 0.5) is 10.1 Å². The van der Waals surface area contributed by atoms with E-state index < -0.39 is 23.0 Å². The molecule has 2 heterocycles. The molecule has 3 aromatic rings. The van der Waals surface area contributed by atoms with Crippen LogP contribution in [-0.4, -0.2) is 30.8 Å². The molecule has 1 amide bonds. The molecule has 3 rings (SSSR count). The third-order valence-corrected chi connectivity index (χ3v) is 5.79. The number of thioether (sulfide) groups is 1. The van der Waals surface area contributed by atoms with Crippen LogP contribution in [0.5, 0.6) is 0 Å². The van der Waals surface area contributed by atoms with Gasteiger partial charge in [0.2, 0.25) is 5.91 Å². The number of hydrogen-bond donors (Lipinski definition) is 1. The summed E-state index contributed by atoms with van der Waals surface area (Å²) in [5.41, 5.74) is -0.594. The zero-order chi connectivity index (χ0) is 23.6. The predicted molar refractivity (Wildman–Crippen MR) is 124 cm³/mol. The molecule has 170 valence electrons. The van der Waals surface area contributed by atoms with Crippen molar-refractivity contribution < 1.29 is 9.18 Å². The van der Waals surface area contributed by atoms with Crippen LogP contribution in [0.2, 0.25) is 5.02 Å². The van der Waals surface area contributed by atoms with Gasteiger partial charge in [-0.1, -0.05) is 25.4 Å². The van der Waals surface area contributed by atoms with Crippen molar-refractivity contribution in [1.82, 2.24) is 19.1 Å². The molecule has 0 bridgehead atoms. The molecule has 0 aliphatic carbocycles. The van der Waals surface area contributed by atoms with E-state index >= 15 is 0 Å². The highest BCUT2D eigenvalue weighted by atomic mass is 35.5. The van der Waals surface area contributed by atoms with Gasteiger partial charge in [0.25, 0.3) is 5.56 Å². The van der Waals surface area contributed by atoms with Crippen molar-refractivity contribution in [2.24, 2.45) is 13.0 Å². The molecular weight excluding hydrogens is 457 g/mol. The van der Waals surface area contributed by atoms with E-state index in [0.29, 0.717) is 23.1 Å². The van der Waals surface area contributed by atoms with Gasteiger partial charge >= 0.3 is 5.69 Å². The molecule has 11 heteroatoms. The lowest BCUT2D eigenvalue weighted by molar-refractivity contribution is -0.115. The maximum Gasteiger partial charge on any atom is 0.332 e. The maximum absolute atomic E-state index is 13.9. The molecule has 0 unspecified atom stereocenters. The summed E-state index contributed by atoms with van der Waals surface area (Å²) in [5, 5.41) is 3.38. The average molecular weight is 480 g/mol. The van der Waals surface area contributed by atoms with E-state index in [0.717, 1.165) is 10.6 Å². The van der Waals surface area contributed by atoms with Crippen molar-refractivity contribution in [1.29, 1.82) is 0 Å². The number of carbonyl (C=O) groups is 1. The first-order chi connectivity index (χ1) is 15.1. The first-order valence-corrected chi connectivity index (χ1v) is 11.3. The molecule has 0 fully saturated rings. The summed E-state index contributed by atoms with van der Waals surface area (Å²) in [5.74, 6) is -0.144. The van der Waals surface area contributed by atoms with E-state index in [1.165, 1.54) is 35.5 Å². The number of benzene rings is 1. The van der Waals surface area contributed by atoms with E-state index in [2.05, 4.69) is 15.3 Å². The van der Waals surface area contributed by atoms with Gasteiger partial charge in [-0.2, -0.15) is 0 Å². The van der Waals surface area contributed by atoms with Crippen LogP contribution in [0, 0.1) is 18.7 Å². The van der Waals surface area contributed by atoms with E-state index in [1.807, 2.05) is 13.8 Å². The third-order valence-electron chi connectivity index (χ3n) is 4.58. The second-order valence-corrected chi connectivity index (χ2v) is 9.22. The molecule has 0 atom stereocenters. The number of aromatic nitrogens is 4. The van der Waals surface area contributed by atoms with Crippen LogP contribution >= 0.6 is 23.4 Å². The number of rotatable bonds is 7. The fourth-order valence-electron chi connectivity index (χ4n) is 3.12. The average Bonchev–Trinajstić information content (AvgIpc) is 2.71. The Kier molecular flexibility index (Phi) is 7.35. The predicted octanol–water partition coefficient (Wildman–Crippen LogP) is 3.37. The molecule has 0 aliphatic rings. The van der Waals surface area contributed by atoms with Crippen molar-refractivity contribution >= 4 is 46.0 Å². The minimum absolute atomic E-state index is 0.0410. The second-order valence-electron chi connectivity index (χ2n) is 7.70. The Balaban J connectivity index is 1.86. The van der Waals surface area contributed by atoms with Crippen LogP contribution in [0.3, 0.4) is 0 Å². The van der Waals surface area contributed by atoms with Crippen LogP contribution in [0.15, 0.2) is 32.8 Å². The Morgan fingerprint density at radius 1 is 1.28 bits per heavy atom. The summed E-state index contributed by atoms with van der Waals surface area (Å²) >= 11 is 6.93. The van der Waals surface area contributed by atoms with E-state index in [4.69, 9.17) is 11.6 Å². The number of hydrogen-bond acceptors (Lipinski definition) is 6. The van der Waals surface area contributed by atoms with Crippen LogP contribution in [0.25, 0.3) is 11.0 Å². The zero-order valence-electron chi connectivity index (χ0n) is 18.1. The van der Waals surface area contributed by atoms with Crippen molar-refractivity contribution in [3.05, 3.63) is 55.7 Å². The van der Waals surface area contributed by atoms with Gasteiger partial charge in [-0.3, -0.25) is 18.7 Å². The summed E-state index contributed by atoms with van der Waals surface area (Å²) in [6, 6.07) is 3.99. The zero-order valence-corrected chi connectivity index (χ0v) is 19.7. The largest absolute Gasteiger partial charge is 0.332 e. The number of aryl methyl sites for hydroxylation is 1. The standard InChI is InChI=1S/C21H23ClFN5O3S/c1-11(2)10-28-18-17(20(30)27(4)21(28)31)19(25-12(3)24-18)32-8-7-16(29)26-15-6-5-13(22)9-14(15)23/h5-6,9,11H,7-8,10H2,1-4H3,(H,26,29). The quantitative estimate of drug-likeness (QED) is 0.412. The number of carbonyl (C=O) groups excluding carboxylic acids is 1. The summed E-state index contributed by atoms with van der Waals surface area (Å²) in [7, 11) is 1.42. The first-order valence-electron chi connectivity index (χ1n) is 9.94. The van der Waals surface area contributed by atoms with Crippen molar-refractivity contribution in [3.63, 3.8) is 0 Å². The number of amides is 1. The SMILES string of the molecule is Cc1nc(SCCC(=O)Nc2ccc(Cl)cc2F)c2c(=O)n(C)c(=O)n(CC(C)C)c2n1. The van der Waals surface area contributed by atoms with Crippen molar-refractivity contribution in [2.45, 2.75) is 38.8 Å². The molecule has 0 saturated carbocycles. The van der Waals surface area contributed by atoms with Gasteiger partial charge < -0.3 is 5.32 Å². The van der Waals surface area contributed by atoms with Crippen molar-refractivity contribution in [3.8, 4) is 0 Å². The molecule has 0 saturated heterocycles. The van der Waals surface area contributed by atoms with Gasteiger partial charge in [-0.05, 0) is 31.0 Å². The highest BCUT2D eigenvalue weighted by Gasteiger charge is 2.19. The summed E-state index contributed by atoms with van der Waals surface area (Å²) in [6.07, 6.45) is 0.0588. The van der Waals surface area contributed by atoms with Gasteiger partial charge in [0.15, 0.2) is 5.65 Å². The van der Waals surface area contributed by atoms with Crippen LogP contribution < -0.4 is 16.6 Å². The fourth-order valence-corrected chi connectivity index (χ4v) is 4.28. The van der Waals surface area contributed by atoms with E-state index in [9.17, 15) is 18.8 Å². The Labute approximate surface area is 192 Å². The molecule has 2 aromatic heterocycles. The first kappa shape index (κ1) is 23.9. The highest BCUT2D eigenvalue weighted by Crippen LogP contribution is 2.24. The normalized spacial score (nSPS) is 11.3. The number of halogens is 2. The number of nitrogens with one attached hydrogen (secondary N) is 1. The molecule has 1 aromatic carbocycles. The van der Waals surface area contributed by atoms with Crippen LogP contribution in [0.1, 0.15) is 26.1 Å². The van der Waals surface area contributed by atoms with Gasteiger partial charge in [0, 0.05) is 30.8 Å². The topological polar surface area (TPSA) is 98.9 Å². The Bertz CT molecular complexity index is 1310. The lowest BCUT2D eigenvalue weighted by Crippen LogP contribution is -2.39. The molecular formula is C21H23ClFN5O3S. The molecule has 0 aliphatic heterocycles. The fraction of sp³-hybridized carbons (Fsp3) is 0.381. The maximum atomic E-state index is 13.9. The monoisotopic (exact) mass is 479 g/mol. The number of nitrogens with zero attached hydrogens (tertiary/aromatic N) is 4. The van der Waals surface area contributed by atoms with Crippen LogP contribution in [-0.2, 0) is 18.4 Å². The Morgan fingerprint density at radius 2 is 2.00 bits per heavy atom. The second kappa shape index (κ2) is 9.83.